The lowest BCUT2D eigenvalue weighted by atomic mass is 10.0. The fourth-order valence-electron chi connectivity index (χ4n) is 3.39. The Morgan fingerprint density at radius 3 is 2.61 bits per heavy atom. The van der Waals surface area contributed by atoms with Gasteiger partial charge in [0.2, 0.25) is 0 Å². The van der Waals surface area contributed by atoms with Gasteiger partial charge in [-0.25, -0.2) is 0 Å². The number of ether oxygens (including phenoxy) is 1. The molecule has 4 rings (SSSR count). The molecule has 1 aliphatic rings. The normalized spacial score (nSPS) is 14.1. The van der Waals surface area contributed by atoms with Crippen LogP contribution in [0.4, 0.5) is 5.69 Å². The van der Waals surface area contributed by atoms with Gasteiger partial charge in [-0.3, -0.25) is 14.8 Å². The molecule has 5 nitrogen and oxygen atoms in total. The van der Waals surface area contributed by atoms with Gasteiger partial charge in [0, 0.05) is 47.5 Å². The van der Waals surface area contributed by atoms with Gasteiger partial charge in [0.1, 0.15) is 0 Å². The van der Waals surface area contributed by atoms with Gasteiger partial charge in [-0.05, 0) is 43.3 Å². The molecule has 0 radical (unpaired) electrons. The van der Waals surface area contributed by atoms with E-state index in [0.717, 1.165) is 48.9 Å². The number of anilines is 1. The molecule has 3 heterocycles. The van der Waals surface area contributed by atoms with Gasteiger partial charge < -0.3 is 9.64 Å². The molecule has 5 heteroatoms. The standard InChI is InChI=1S/C23H23N3O2/c1-17-3-2-4-20(25-17)16-23(27)19-9-10-24-22(15-19)18-5-7-21(8-6-18)26-11-13-28-14-12-26/h2-10,15H,11-14,16H2,1H3. The Bertz CT molecular complexity index is 964. The molecule has 1 aromatic carbocycles. The highest BCUT2D eigenvalue weighted by atomic mass is 16.5. The molecule has 0 bridgehead atoms. The lowest BCUT2D eigenvalue weighted by Gasteiger charge is -2.28. The largest absolute Gasteiger partial charge is 0.378 e. The molecular weight excluding hydrogens is 350 g/mol. The van der Waals surface area contributed by atoms with Gasteiger partial charge in [0.05, 0.1) is 25.3 Å². The molecule has 0 atom stereocenters. The maximum atomic E-state index is 12.7. The lowest BCUT2D eigenvalue weighted by molar-refractivity contribution is 0.0992. The van der Waals surface area contributed by atoms with Crippen molar-refractivity contribution in [3.05, 3.63) is 77.7 Å². The summed E-state index contributed by atoms with van der Waals surface area (Å²) in [7, 11) is 0. The van der Waals surface area contributed by atoms with Gasteiger partial charge >= 0.3 is 0 Å². The zero-order valence-electron chi connectivity index (χ0n) is 16.0. The summed E-state index contributed by atoms with van der Waals surface area (Å²) in [5.74, 6) is 0.0479. The number of carbonyl (C=O) groups is 1. The van der Waals surface area contributed by atoms with E-state index < -0.39 is 0 Å². The van der Waals surface area contributed by atoms with Crippen molar-refractivity contribution in [3.8, 4) is 11.3 Å². The van der Waals surface area contributed by atoms with E-state index in [0.29, 0.717) is 12.0 Å². The van der Waals surface area contributed by atoms with Crippen LogP contribution in [-0.2, 0) is 11.2 Å². The fourth-order valence-corrected chi connectivity index (χ4v) is 3.39. The van der Waals surface area contributed by atoms with Crippen molar-refractivity contribution < 1.29 is 9.53 Å². The van der Waals surface area contributed by atoms with Crippen LogP contribution in [0.25, 0.3) is 11.3 Å². The molecule has 3 aromatic rings. The first-order chi connectivity index (χ1) is 13.7. The van der Waals surface area contributed by atoms with E-state index in [1.807, 2.05) is 31.2 Å². The van der Waals surface area contributed by atoms with Crippen molar-refractivity contribution in [2.45, 2.75) is 13.3 Å². The second kappa shape index (κ2) is 8.31. The second-order valence-corrected chi connectivity index (χ2v) is 6.95. The van der Waals surface area contributed by atoms with E-state index >= 15 is 0 Å². The SMILES string of the molecule is Cc1cccc(CC(=O)c2ccnc(-c3ccc(N4CCOCC4)cc3)c2)n1. The summed E-state index contributed by atoms with van der Waals surface area (Å²) in [6.45, 7) is 5.29. The Kier molecular flexibility index (Phi) is 5.44. The average Bonchev–Trinajstić information content (AvgIpc) is 2.75. The van der Waals surface area contributed by atoms with Crippen LogP contribution in [-0.4, -0.2) is 42.1 Å². The molecule has 142 valence electrons. The minimum Gasteiger partial charge on any atom is -0.378 e. The first-order valence-electron chi connectivity index (χ1n) is 9.54. The second-order valence-electron chi connectivity index (χ2n) is 6.95. The fraction of sp³-hybridized carbons (Fsp3) is 0.261. The van der Waals surface area contributed by atoms with Crippen LogP contribution in [0.15, 0.2) is 60.8 Å². The van der Waals surface area contributed by atoms with Gasteiger partial charge in [0.15, 0.2) is 5.78 Å². The van der Waals surface area contributed by atoms with Crippen molar-refractivity contribution in [2.75, 3.05) is 31.2 Å². The third-order valence-corrected chi connectivity index (χ3v) is 4.91. The van der Waals surface area contributed by atoms with Crippen LogP contribution in [0, 0.1) is 6.92 Å². The summed E-state index contributed by atoms with van der Waals surface area (Å²) in [5, 5.41) is 0. The molecular formula is C23H23N3O2. The van der Waals surface area contributed by atoms with Crippen LogP contribution in [0.1, 0.15) is 21.7 Å². The number of aromatic nitrogens is 2. The molecule has 0 saturated carbocycles. The van der Waals surface area contributed by atoms with Crippen molar-refractivity contribution in [2.24, 2.45) is 0 Å². The van der Waals surface area contributed by atoms with Crippen molar-refractivity contribution in [3.63, 3.8) is 0 Å². The quantitative estimate of drug-likeness (QED) is 0.638. The van der Waals surface area contributed by atoms with Gasteiger partial charge in [-0.1, -0.05) is 18.2 Å². The maximum absolute atomic E-state index is 12.7. The van der Waals surface area contributed by atoms with E-state index in [2.05, 4.69) is 39.1 Å². The smallest absolute Gasteiger partial charge is 0.168 e. The lowest BCUT2D eigenvalue weighted by Crippen LogP contribution is -2.36. The monoisotopic (exact) mass is 373 g/mol. The summed E-state index contributed by atoms with van der Waals surface area (Å²) in [4.78, 5) is 23.9. The van der Waals surface area contributed by atoms with E-state index in [4.69, 9.17) is 4.74 Å². The number of nitrogens with zero attached hydrogens (tertiary/aromatic N) is 3. The predicted octanol–water partition coefficient (Wildman–Crippen LogP) is 3.71. The summed E-state index contributed by atoms with van der Waals surface area (Å²) >= 11 is 0. The zero-order valence-corrected chi connectivity index (χ0v) is 16.0. The molecule has 0 spiro atoms. The van der Waals surface area contributed by atoms with Crippen LogP contribution in [0.5, 0.6) is 0 Å². The molecule has 0 aliphatic carbocycles. The number of hydrogen-bond acceptors (Lipinski definition) is 5. The molecule has 0 unspecified atom stereocenters. The van der Waals surface area contributed by atoms with Crippen molar-refractivity contribution in [1.82, 2.24) is 9.97 Å². The van der Waals surface area contributed by atoms with Gasteiger partial charge in [-0.2, -0.15) is 0 Å². The first kappa shape index (κ1) is 18.3. The minimum atomic E-state index is 0.0479. The summed E-state index contributed by atoms with van der Waals surface area (Å²) in [6.07, 6.45) is 1.99. The summed E-state index contributed by atoms with van der Waals surface area (Å²) < 4.78 is 5.41. The van der Waals surface area contributed by atoms with E-state index in [1.165, 1.54) is 5.69 Å². The van der Waals surface area contributed by atoms with Crippen LogP contribution < -0.4 is 4.90 Å². The Labute approximate surface area is 165 Å². The molecule has 1 fully saturated rings. The van der Waals surface area contributed by atoms with Gasteiger partial charge in [0.25, 0.3) is 0 Å². The van der Waals surface area contributed by atoms with Crippen molar-refractivity contribution in [1.29, 1.82) is 0 Å². The Hall–Kier alpha value is -3.05. The van der Waals surface area contributed by atoms with Crippen LogP contribution in [0.2, 0.25) is 0 Å². The van der Waals surface area contributed by atoms with E-state index in [1.54, 1.807) is 12.3 Å². The number of aryl methyl sites for hydroxylation is 1. The minimum absolute atomic E-state index is 0.0479. The number of carbonyl (C=O) groups excluding carboxylic acids is 1. The average molecular weight is 373 g/mol. The highest BCUT2D eigenvalue weighted by Gasteiger charge is 2.13. The summed E-state index contributed by atoms with van der Waals surface area (Å²) in [5.41, 5.74) is 5.35. The highest BCUT2D eigenvalue weighted by molar-refractivity contribution is 5.98. The molecule has 28 heavy (non-hydrogen) atoms. The molecule has 1 aliphatic heterocycles. The Morgan fingerprint density at radius 2 is 1.86 bits per heavy atom. The number of Topliss-reactive ketones (excluding diaryl/α,β-unsaturated/α-hetero) is 1. The number of pyridine rings is 2. The highest BCUT2D eigenvalue weighted by Crippen LogP contribution is 2.23. The van der Waals surface area contributed by atoms with E-state index in [9.17, 15) is 4.79 Å². The zero-order chi connectivity index (χ0) is 19.3. The number of rotatable bonds is 5. The summed E-state index contributed by atoms with van der Waals surface area (Å²) in [6, 6.07) is 17.7. The number of morpholine rings is 1. The molecule has 0 N–H and O–H groups in total. The number of ketones is 1. The number of benzene rings is 1. The first-order valence-corrected chi connectivity index (χ1v) is 9.54. The molecule has 2 aromatic heterocycles. The third-order valence-electron chi connectivity index (χ3n) is 4.91. The Morgan fingerprint density at radius 1 is 1.07 bits per heavy atom. The number of hydrogen-bond donors (Lipinski definition) is 0. The predicted molar refractivity (Wildman–Crippen MR) is 110 cm³/mol. The van der Waals surface area contributed by atoms with Crippen LogP contribution in [0.3, 0.4) is 0 Å². The third kappa shape index (κ3) is 4.26. The van der Waals surface area contributed by atoms with Crippen molar-refractivity contribution >= 4 is 11.5 Å². The molecule has 1 saturated heterocycles. The van der Waals surface area contributed by atoms with Crippen LogP contribution >= 0.6 is 0 Å². The Balaban J connectivity index is 1.50. The van der Waals surface area contributed by atoms with Gasteiger partial charge in [-0.15, -0.1) is 0 Å². The van der Waals surface area contributed by atoms with E-state index in [-0.39, 0.29) is 5.78 Å². The molecule has 0 amide bonds. The maximum Gasteiger partial charge on any atom is 0.168 e. The topological polar surface area (TPSA) is 55.3 Å².